The van der Waals surface area contributed by atoms with E-state index in [1.165, 1.54) is 82.2 Å². The highest BCUT2D eigenvalue weighted by molar-refractivity contribution is 5.87. The van der Waals surface area contributed by atoms with Crippen molar-refractivity contribution in [3.05, 3.63) is 42.0 Å². The van der Waals surface area contributed by atoms with Crippen LogP contribution in [-0.2, 0) is 6.42 Å². The van der Waals surface area contributed by atoms with Crippen molar-refractivity contribution in [2.75, 3.05) is 32.7 Å². The Hall–Kier alpha value is -1.29. The van der Waals surface area contributed by atoms with Gasteiger partial charge in [0.05, 0.1) is 0 Å². The van der Waals surface area contributed by atoms with Crippen molar-refractivity contribution < 1.29 is 5.11 Å². The van der Waals surface area contributed by atoms with Crippen LogP contribution in [0.3, 0.4) is 0 Å². The second-order valence-corrected chi connectivity index (χ2v) is 8.10. The van der Waals surface area contributed by atoms with E-state index in [-0.39, 0.29) is 12.4 Å². The molecule has 2 aromatic carbocycles. The van der Waals surface area contributed by atoms with Gasteiger partial charge < -0.3 is 10.0 Å². The Morgan fingerprint density at radius 1 is 0.926 bits per heavy atom. The average molecular weight is 389 g/mol. The molecule has 1 aliphatic carbocycles. The number of piperazine rings is 1. The first-order valence-corrected chi connectivity index (χ1v) is 10.5. The molecule has 1 aliphatic heterocycles. The van der Waals surface area contributed by atoms with Gasteiger partial charge in [-0.05, 0) is 60.7 Å². The third-order valence-electron chi connectivity index (χ3n) is 6.37. The molecule has 2 aromatic rings. The van der Waals surface area contributed by atoms with E-state index in [2.05, 4.69) is 34.1 Å². The maximum absolute atomic E-state index is 9.67. The summed E-state index contributed by atoms with van der Waals surface area (Å²) in [5.74, 6) is 0.352. The van der Waals surface area contributed by atoms with Gasteiger partial charge in [0.1, 0.15) is 5.75 Å². The first-order valence-electron chi connectivity index (χ1n) is 10.5. The van der Waals surface area contributed by atoms with Gasteiger partial charge in [0.25, 0.3) is 0 Å². The Morgan fingerprint density at radius 3 is 2.48 bits per heavy atom. The number of hydrogen-bond acceptors (Lipinski definition) is 3. The van der Waals surface area contributed by atoms with Crippen molar-refractivity contribution in [3.8, 4) is 5.75 Å². The molecule has 0 amide bonds. The third kappa shape index (κ3) is 5.16. The summed E-state index contributed by atoms with van der Waals surface area (Å²) in [6.45, 7) is 6.20. The minimum Gasteiger partial charge on any atom is -0.508 e. The van der Waals surface area contributed by atoms with Crippen molar-refractivity contribution >= 4 is 23.2 Å². The second kappa shape index (κ2) is 9.77. The number of rotatable bonds is 5. The highest BCUT2D eigenvalue weighted by Gasteiger charge is 2.24. The molecular formula is C23H33ClN2O. The molecule has 0 spiro atoms. The lowest BCUT2D eigenvalue weighted by molar-refractivity contribution is 0.0785. The van der Waals surface area contributed by atoms with Crippen LogP contribution in [0.4, 0.5) is 0 Å². The molecule has 0 bridgehead atoms. The number of benzene rings is 2. The molecule has 1 saturated heterocycles. The average Bonchev–Trinajstić information content (AvgIpc) is 2.69. The van der Waals surface area contributed by atoms with Gasteiger partial charge in [0.2, 0.25) is 0 Å². The highest BCUT2D eigenvalue weighted by Crippen LogP contribution is 2.25. The Bertz CT molecular complexity index is 721. The molecule has 148 valence electrons. The molecule has 1 heterocycles. The summed E-state index contributed by atoms with van der Waals surface area (Å²) in [7, 11) is 0. The van der Waals surface area contributed by atoms with Crippen molar-refractivity contribution in [2.24, 2.45) is 0 Å². The Kier molecular flexibility index (Phi) is 7.40. The minimum atomic E-state index is 0. The van der Waals surface area contributed by atoms with Crippen LogP contribution in [0, 0.1) is 0 Å². The standard InChI is InChI=1S/C23H32N2O.ClH/c26-22-11-12-23-19(6-4-7-20(23)18-22)8-5-13-24-14-16-25(17-15-24)21-9-2-1-3-10-21;/h4,6-7,11-12,18,21,26H,1-3,5,8-10,13-17H2;1H. The van der Waals surface area contributed by atoms with E-state index in [1.807, 2.05) is 6.07 Å². The van der Waals surface area contributed by atoms with Crippen LogP contribution in [0.1, 0.15) is 44.1 Å². The number of fused-ring (bicyclic) bond motifs is 1. The predicted octanol–water partition coefficient (Wildman–Crippen LogP) is 4.85. The van der Waals surface area contributed by atoms with Crippen LogP contribution >= 0.6 is 12.4 Å². The maximum Gasteiger partial charge on any atom is 0.116 e. The van der Waals surface area contributed by atoms with Crippen LogP contribution in [0.25, 0.3) is 10.8 Å². The van der Waals surface area contributed by atoms with Crippen LogP contribution in [0.15, 0.2) is 36.4 Å². The first kappa shape index (κ1) is 20.4. The molecule has 27 heavy (non-hydrogen) atoms. The predicted molar refractivity (Wildman–Crippen MR) is 116 cm³/mol. The van der Waals surface area contributed by atoms with Gasteiger partial charge in [-0.2, -0.15) is 0 Å². The zero-order valence-electron chi connectivity index (χ0n) is 16.3. The summed E-state index contributed by atoms with van der Waals surface area (Å²) in [4.78, 5) is 5.41. The lowest BCUT2D eigenvalue weighted by Gasteiger charge is -2.40. The fourth-order valence-corrected chi connectivity index (χ4v) is 4.85. The number of nitrogens with zero attached hydrogens (tertiary/aromatic N) is 2. The smallest absolute Gasteiger partial charge is 0.116 e. The van der Waals surface area contributed by atoms with Crippen LogP contribution in [-0.4, -0.2) is 53.7 Å². The van der Waals surface area contributed by atoms with Gasteiger partial charge in [-0.25, -0.2) is 0 Å². The van der Waals surface area contributed by atoms with E-state index in [9.17, 15) is 5.11 Å². The topological polar surface area (TPSA) is 26.7 Å². The van der Waals surface area contributed by atoms with Crippen LogP contribution in [0.2, 0.25) is 0 Å². The number of hydrogen-bond donors (Lipinski definition) is 1. The molecule has 2 aliphatic rings. The van der Waals surface area contributed by atoms with Crippen molar-refractivity contribution in [1.82, 2.24) is 9.80 Å². The van der Waals surface area contributed by atoms with Crippen LogP contribution in [0.5, 0.6) is 5.75 Å². The summed E-state index contributed by atoms with van der Waals surface area (Å²) < 4.78 is 0. The zero-order chi connectivity index (χ0) is 17.8. The van der Waals surface area contributed by atoms with E-state index in [4.69, 9.17) is 0 Å². The lowest BCUT2D eigenvalue weighted by atomic mass is 9.94. The summed E-state index contributed by atoms with van der Waals surface area (Å²) >= 11 is 0. The van der Waals surface area contributed by atoms with E-state index >= 15 is 0 Å². The molecule has 0 aromatic heterocycles. The molecular weight excluding hydrogens is 356 g/mol. The molecule has 0 radical (unpaired) electrons. The number of phenols is 1. The SMILES string of the molecule is Cl.Oc1ccc2c(CCCN3CCN(C4CCCCC4)CC3)cccc2c1. The zero-order valence-corrected chi connectivity index (χ0v) is 17.1. The van der Waals surface area contributed by atoms with E-state index in [0.29, 0.717) is 5.75 Å². The largest absolute Gasteiger partial charge is 0.508 e. The molecule has 0 unspecified atom stereocenters. The lowest BCUT2D eigenvalue weighted by Crippen LogP contribution is -2.50. The van der Waals surface area contributed by atoms with Gasteiger partial charge in [-0.3, -0.25) is 4.90 Å². The monoisotopic (exact) mass is 388 g/mol. The summed E-state index contributed by atoms with van der Waals surface area (Å²) in [5.41, 5.74) is 1.41. The van der Waals surface area contributed by atoms with Gasteiger partial charge in [-0.1, -0.05) is 43.5 Å². The second-order valence-electron chi connectivity index (χ2n) is 8.10. The van der Waals surface area contributed by atoms with Gasteiger partial charge in [-0.15, -0.1) is 12.4 Å². The fourth-order valence-electron chi connectivity index (χ4n) is 4.85. The molecule has 4 rings (SSSR count). The fraction of sp³-hybridized carbons (Fsp3) is 0.565. The van der Waals surface area contributed by atoms with E-state index in [1.54, 1.807) is 6.07 Å². The molecule has 0 atom stereocenters. The van der Waals surface area contributed by atoms with Gasteiger partial charge in [0.15, 0.2) is 0 Å². The Balaban J connectivity index is 0.00000210. The Labute approximate surface area is 169 Å². The van der Waals surface area contributed by atoms with Crippen molar-refractivity contribution in [2.45, 2.75) is 51.0 Å². The summed E-state index contributed by atoms with van der Waals surface area (Å²) in [6.07, 6.45) is 9.51. The molecule has 4 heteroatoms. The van der Waals surface area contributed by atoms with Crippen LogP contribution < -0.4 is 0 Å². The summed E-state index contributed by atoms with van der Waals surface area (Å²) in [5, 5.41) is 12.1. The first-order chi connectivity index (χ1) is 12.8. The van der Waals surface area contributed by atoms with Crippen molar-refractivity contribution in [3.63, 3.8) is 0 Å². The van der Waals surface area contributed by atoms with E-state index < -0.39 is 0 Å². The van der Waals surface area contributed by atoms with Gasteiger partial charge in [0, 0.05) is 32.2 Å². The number of aryl methyl sites for hydroxylation is 1. The summed E-state index contributed by atoms with van der Waals surface area (Å²) in [6, 6.07) is 13.0. The minimum absolute atomic E-state index is 0. The van der Waals surface area contributed by atoms with Crippen molar-refractivity contribution in [1.29, 1.82) is 0 Å². The van der Waals surface area contributed by atoms with E-state index in [0.717, 1.165) is 17.8 Å². The molecule has 1 N–H and O–H groups in total. The highest BCUT2D eigenvalue weighted by atomic mass is 35.5. The number of halogens is 1. The molecule has 3 nitrogen and oxygen atoms in total. The Morgan fingerprint density at radius 2 is 1.70 bits per heavy atom. The quantitative estimate of drug-likeness (QED) is 0.793. The molecule has 1 saturated carbocycles. The number of phenolic OH excluding ortho intramolecular Hbond substituents is 1. The molecule has 2 fully saturated rings. The number of aromatic hydroxyl groups is 1. The maximum atomic E-state index is 9.67. The normalized spacial score (nSPS) is 19.9. The van der Waals surface area contributed by atoms with Gasteiger partial charge >= 0.3 is 0 Å². The third-order valence-corrected chi connectivity index (χ3v) is 6.37.